The van der Waals surface area contributed by atoms with Crippen LogP contribution < -0.4 is 10.2 Å². The molecule has 0 atom stereocenters. The highest BCUT2D eigenvalue weighted by atomic mass is 19.1. The van der Waals surface area contributed by atoms with Crippen LogP contribution in [0.1, 0.15) is 47.1 Å². The fourth-order valence-electron chi connectivity index (χ4n) is 4.17. The van der Waals surface area contributed by atoms with Gasteiger partial charge in [0.2, 0.25) is 0 Å². The Hall–Kier alpha value is -4.85. The number of anilines is 1. The smallest absolute Gasteiger partial charge is 0.326 e. The number of rotatable bonds is 8. The lowest BCUT2D eigenvalue weighted by atomic mass is 10.0. The van der Waals surface area contributed by atoms with E-state index in [9.17, 15) is 23.2 Å². The largest absolute Gasteiger partial charge is 0.459 e. The van der Waals surface area contributed by atoms with Gasteiger partial charge >= 0.3 is 5.97 Å². The molecule has 4 rings (SSSR count). The molecule has 4 aromatic carbocycles. The number of ether oxygens (including phenoxy) is 1. The van der Waals surface area contributed by atoms with Crippen molar-refractivity contribution >= 4 is 23.5 Å². The normalized spacial score (nSPS) is 11.0. The third kappa shape index (κ3) is 7.63. The molecular weight excluding hydrogens is 526 g/mol. The predicted molar refractivity (Wildman–Crippen MR) is 153 cm³/mol. The van der Waals surface area contributed by atoms with Crippen LogP contribution in [0.3, 0.4) is 0 Å². The molecule has 0 aliphatic rings. The van der Waals surface area contributed by atoms with Crippen LogP contribution in [0.2, 0.25) is 0 Å². The third-order valence-electron chi connectivity index (χ3n) is 6.06. The van der Waals surface area contributed by atoms with Gasteiger partial charge in [0.25, 0.3) is 11.8 Å². The quantitative estimate of drug-likeness (QED) is 0.250. The van der Waals surface area contributed by atoms with Crippen molar-refractivity contribution in [2.75, 3.05) is 11.4 Å². The van der Waals surface area contributed by atoms with Gasteiger partial charge in [-0.05, 0) is 73.9 Å². The molecule has 0 heterocycles. The highest BCUT2D eigenvalue weighted by Crippen LogP contribution is 2.27. The molecule has 0 bridgehead atoms. The van der Waals surface area contributed by atoms with Gasteiger partial charge in [-0.25, -0.2) is 8.78 Å². The molecule has 0 saturated carbocycles. The summed E-state index contributed by atoms with van der Waals surface area (Å²) in [6.45, 7) is 4.88. The van der Waals surface area contributed by atoms with E-state index >= 15 is 0 Å². The molecule has 0 unspecified atom stereocenters. The van der Waals surface area contributed by atoms with Crippen molar-refractivity contribution in [3.05, 3.63) is 125 Å². The van der Waals surface area contributed by atoms with E-state index < -0.39 is 41.2 Å². The number of halogens is 2. The van der Waals surface area contributed by atoms with Crippen LogP contribution in [-0.2, 0) is 16.1 Å². The maximum Gasteiger partial charge on any atom is 0.326 e. The summed E-state index contributed by atoms with van der Waals surface area (Å²) >= 11 is 0. The molecule has 0 spiro atoms. The predicted octanol–water partition coefficient (Wildman–Crippen LogP) is 6.55. The number of esters is 1. The first-order chi connectivity index (χ1) is 19.5. The van der Waals surface area contributed by atoms with Crippen LogP contribution in [0.5, 0.6) is 0 Å². The molecule has 4 aromatic rings. The second kappa shape index (κ2) is 12.6. The second-order valence-corrected chi connectivity index (χ2v) is 10.4. The number of hydrogen-bond donors (Lipinski definition) is 1. The standard InChI is InChI=1S/C33H30F2N2O4/c1-33(2,3)41-29(38)21-37(32(40)30-27(34)13-8-14-28(30)35)26-12-7-11-25(19-26)23-15-17-24(18-16-23)31(39)36-20-22-9-5-4-6-10-22/h4-19H,20-21H2,1-3H3,(H,36,39). The van der Waals surface area contributed by atoms with Crippen LogP contribution in [0.25, 0.3) is 11.1 Å². The molecule has 41 heavy (non-hydrogen) atoms. The van der Waals surface area contributed by atoms with E-state index in [-0.39, 0.29) is 11.6 Å². The summed E-state index contributed by atoms with van der Waals surface area (Å²) in [5.41, 5.74) is 1.49. The Morgan fingerprint density at radius 1 is 0.780 bits per heavy atom. The van der Waals surface area contributed by atoms with Crippen LogP contribution >= 0.6 is 0 Å². The van der Waals surface area contributed by atoms with E-state index in [0.29, 0.717) is 17.7 Å². The molecule has 6 nitrogen and oxygen atoms in total. The Morgan fingerprint density at radius 3 is 2.05 bits per heavy atom. The second-order valence-electron chi connectivity index (χ2n) is 10.4. The first-order valence-corrected chi connectivity index (χ1v) is 13.0. The van der Waals surface area contributed by atoms with Crippen molar-refractivity contribution in [3.8, 4) is 11.1 Å². The molecule has 0 saturated heterocycles. The number of hydrogen-bond acceptors (Lipinski definition) is 4. The van der Waals surface area contributed by atoms with Crippen molar-refractivity contribution < 1.29 is 27.9 Å². The number of benzene rings is 4. The van der Waals surface area contributed by atoms with E-state index in [1.54, 1.807) is 69.3 Å². The molecule has 0 aliphatic heterocycles. The van der Waals surface area contributed by atoms with Crippen molar-refractivity contribution in [1.82, 2.24) is 5.32 Å². The van der Waals surface area contributed by atoms with E-state index in [2.05, 4.69) is 5.32 Å². The van der Waals surface area contributed by atoms with E-state index in [1.165, 1.54) is 0 Å². The lowest BCUT2D eigenvalue weighted by molar-refractivity contribution is -0.152. The lowest BCUT2D eigenvalue weighted by Crippen LogP contribution is -2.39. The number of nitrogens with one attached hydrogen (secondary N) is 1. The van der Waals surface area contributed by atoms with Gasteiger partial charge in [-0.3, -0.25) is 19.3 Å². The molecule has 2 amide bonds. The van der Waals surface area contributed by atoms with Gasteiger partial charge in [-0.2, -0.15) is 0 Å². The summed E-state index contributed by atoms with van der Waals surface area (Å²) in [5.74, 6) is -4.06. The van der Waals surface area contributed by atoms with Gasteiger partial charge in [0, 0.05) is 17.8 Å². The first-order valence-electron chi connectivity index (χ1n) is 13.0. The number of nitrogens with zero attached hydrogens (tertiary/aromatic N) is 1. The Labute approximate surface area is 237 Å². The number of carbonyl (C=O) groups excluding carboxylic acids is 3. The van der Waals surface area contributed by atoms with Crippen LogP contribution in [0, 0.1) is 11.6 Å². The van der Waals surface area contributed by atoms with Gasteiger partial charge < -0.3 is 10.1 Å². The summed E-state index contributed by atoms with van der Waals surface area (Å²) in [6, 6.07) is 26.2. The average Bonchev–Trinajstić information content (AvgIpc) is 2.94. The van der Waals surface area contributed by atoms with Crippen molar-refractivity contribution in [3.63, 3.8) is 0 Å². The van der Waals surface area contributed by atoms with Gasteiger partial charge in [-0.1, -0.05) is 60.7 Å². The fourth-order valence-corrected chi connectivity index (χ4v) is 4.17. The lowest BCUT2D eigenvalue weighted by Gasteiger charge is -2.26. The van der Waals surface area contributed by atoms with E-state index in [4.69, 9.17) is 4.74 Å². The minimum absolute atomic E-state index is 0.227. The Balaban J connectivity index is 1.59. The molecule has 0 aromatic heterocycles. The van der Waals surface area contributed by atoms with Crippen LogP contribution in [0.4, 0.5) is 14.5 Å². The van der Waals surface area contributed by atoms with E-state index in [1.807, 2.05) is 30.3 Å². The average molecular weight is 557 g/mol. The van der Waals surface area contributed by atoms with Crippen LogP contribution in [-0.4, -0.2) is 29.9 Å². The minimum Gasteiger partial charge on any atom is -0.459 e. The van der Waals surface area contributed by atoms with Gasteiger partial charge in [0.15, 0.2) is 0 Å². The number of amides is 2. The Morgan fingerprint density at radius 2 is 1.41 bits per heavy atom. The Kier molecular flexibility index (Phi) is 8.92. The zero-order chi connectivity index (χ0) is 29.6. The fraction of sp³-hybridized carbons (Fsp3) is 0.182. The van der Waals surface area contributed by atoms with Gasteiger partial charge in [0.05, 0.1) is 0 Å². The summed E-state index contributed by atoms with van der Waals surface area (Å²) in [7, 11) is 0. The first kappa shape index (κ1) is 29.1. The summed E-state index contributed by atoms with van der Waals surface area (Å²) < 4.78 is 34.5. The topological polar surface area (TPSA) is 75.7 Å². The van der Waals surface area contributed by atoms with Gasteiger partial charge in [0.1, 0.15) is 29.3 Å². The van der Waals surface area contributed by atoms with E-state index in [0.717, 1.165) is 34.2 Å². The zero-order valence-corrected chi connectivity index (χ0v) is 23.0. The summed E-state index contributed by atoms with van der Waals surface area (Å²) in [4.78, 5) is 39.7. The number of carbonyl (C=O) groups is 3. The molecule has 1 N–H and O–H groups in total. The highest BCUT2D eigenvalue weighted by molar-refractivity contribution is 6.09. The monoisotopic (exact) mass is 556 g/mol. The summed E-state index contributed by atoms with van der Waals surface area (Å²) in [5, 5.41) is 2.88. The molecule has 0 aliphatic carbocycles. The van der Waals surface area contributed by atoms with Crippen molar-refractivity contribution in [2.24, 2.45) is 0 Å². The van der Waals surface area contributed by atoms with Crippen molar-refractivity contribution in [1.29, 1.82) is 0 Å². The van der Waals surface area contributed by atoms with Crippen LogP contribution in [0.15, 0.2) is 97.1 Å². The SMILES string of the molecule is CC(C)(C)OC(=O)CN(C(=O)c1c(F)cccc1F)c1cccc(-c2ccc(C(=O)NCc3ccccc3)cc2)c1. The molecule has 210 valence electrons. The maximum atomic E-state index is 14.5. The zero-order valence-electron chi connectivity index (χ0n) is 23.0. The Bertz CT molecular complexity index is 1530. The minimum atomic E-state index is -1.04. The van der Waals surface area contributed by atoms with Gasteiger partial charge in [-0.15, -0.1) is 0 Å². The maximum absolute atomic E-state index is 14.5. The molecular formula is C33H30F2N2O4. The highest BCUT2D eigenvalue weighted by Gasteiger charge is 2.28. The summed E-state index contributed by atoms with van der Waals surface area (Å²) in [6.07, 6.45) is 0. The third-order valence-corrected chi connectivity index (χ3v) is 6.06. The molecule has 0 fully saturated rings. The molecule has 0 radical (unpaired) electrons. The van der Waals surface area contributed by atoms with Crippen molar-refractivity contribution in [2.45, 2.75) is 32.9 Å². The molecule has 8 heteroatoms.